The first-order valence-corrected chi connectivity index (χ1v) is 8.53. The summed E-state index contributed by atoms with van der Waals surface area (Å²) >= 11 is 0. The topological polar surface area (TPSA) is 85.7 Å². The summed E-state index contributed by atoms with van der Waals surface area (Å²) in [7, 11) is 3.04. The Bertz CT molecular complexity index is 630. The van der Waals surface area contributed by atoms with Crippen LogP contribution in [-0.2, 0) is 20.8 Å². The van der Waals surface area contributed by atoms with Gasteiger partial charge < -0.3 is 19.7 Å². The lowest BCUT2D eigenvalue weighted by atomic mass is 10.1. The van der Waals surface area contributed by atoms with Gasteiger partial charge in [-0.3, -0.25) is 14.3 Å². The summed E-state index contributed by atoms with van der Waals surface area (Å²) < 4.78 is 12.2. The van der Waals surface area contributed by atoms with Crippen LogP contribution in [0.15, 0.2) is 6.20 Å². The molecule has 2 rings (SSSR count). The number of carbonyl (C=O) groups is 2. The summed E-state index contributed by atoms with van der Waals surface area (Å²) in [6, 6.07) is -0.0792. The van der Waals surface area contributed by atoms with Gasteiger partial charge in [-0.25, -0.2) is 0 Å². The van der Waals surface area contributed by atoms with Gasteiger partial charge in [0, 0.05) is 45.6 Å². The van der Waals surface area contributed by atoms with Gasteiger partial charge in [0.2, 0.25) is 0 Å². The van der Waals surface area contributed by atoms with Crippen LogP contribution in [0.25, 0.3) is 0 Å². The van der Waals surface area contributed by atoms with Crippen LogP contribution in [-0.4, -0.2) is 72.1 Å². The van der Waals surface area contributed by atoms with Crippen molar-refractivity contribution in [1.29, 1.82) is 0 Å². The number of nitrogens with one attached hydrogen (secondary N) is 1. The summed E-state index contributed by atoms with van der Waals surface area (Å²) in [4.78, 5) is 26.9. The molecule has 2 heterocycles. The van der Waals surface area contributed by atoms with Crippen LogP contribution >= 0.6 is 0 Å². The van der Waals surface area contributed by atoms with Crippen LogP contribution in [0.2, 0.25) is 0 Å². The summed E-state index contributed by atoms with van der Waals surface area (Å²) in [5.74, 6) is -0.272. The Labute approximate surface area is 148 Å². The zero-order valence-corrected chi connectivity index (χ0v) is 15.7. The van der Waals surface area contributed by atoms with Crippen molar-refractivity contribution in [2.75, 3.05) is 33.9 Å². The standard InChI is InChI=1S/C17H28N4O4/c1-6-21-12(2)14(9-18-21)15(22)19-13-7-8-20(10-13)16(23)17(3,25-5)11-24-4/h9,13H,6-8,10-11H2,1-5H3,(H,19,22)/t13-,17?/m1/s1. The molecule has 1 aliphatic rings. The van der Waals surface area contributed by atoms with Crippen molar-refractivity contribution in [3.63, 3.8) is 0 Å². The molecule has 1 aliphatic heterocycles. The molecule has 1 N–H and O–H groups in total. The molecule has 8 heteroatoms. The van der Waals surface area contributed by atoms with E-state index in [9.17, 15) is 9.59 Å². The summed E-state index contributed by atoms with van der Waals surface area (Å²) in [5, 5.41) is 7.20. The van der Waals surface area contributed by atoms with E-state index in [4.69, 9.17) is 9.47 Å². The molecule has 1 aromatic heterocycles. The Morgan fingerprint density at radius 3 is 2.72 bits per heavy atom. The van der Waals surface area contributed by atoms with E-state index in [0.29, 0.717) is 25.1 Å². The monoisotopic (exact) mass is 352 g/mol. The van der Waals surface area contributed by atoms with Gasteiger partial charge in [-0.1, -0.05) is 0 Å². The van der Waals surface area contributed by atoms with Gasteiger partial charge in [0.25, 0.3) is 11.8 Å². The first-order valence-electron chi connectivity index (χ1n) is 8.53. The number of nitrogens with zero attached hydrogens (tertiary/aromatic N) is 3. The van der Waals surface area contributed by atoms with Gasteiger partial charge in [0.1, 0.15) is 0 Å². The largest absolute Gasteiger partial charge is 0.381 e. The highest BCUT2D eigenvalue weighted by atomic mass is 16.5. The number of carbonyl (C=O) groups excluding carboxylic acids is 2. The summed E-state index contributed by atoms with van der Waals surface area (Å²) in [6.07, 6.45) is 2.30. The van der Waals surface area contributed by atoms with E-state index in [1.807, 2.05) is 13.8 Å². The van der Waals surface area contributed by atoms with E-state index < -0.39 is 5.60 Å². The van der Waals surface area contributed by atoms with Crippen molar-refractivity contribution < 1.29 is 19.1 Å². The highest BCUT2D eigenvalue weighted by Gasteiger charge is 2.40. The number of methoxy groups -OCH3 is 2. The highest BCUT2D eigenvalue weighted by Crippen LogP contribution is 2.19. The lowest BCUT2D eigenvalue weighted by molar-refractivity contribution is -0.157. The minimum absolute atomic E-state index is 0.0792. The number of aryl methyl sites for hydroxylation is 1. The van der Waals surface area contributed by atoms with Gasteiger partial charge in [-0.2, -0.15) is 5.10 Å². The number of rotatable bonds is 7. The van der Waals surface area contributed by atoms with Gasteiger partial charge in [-0.05, 0) is 27.2 Å². The van der Waals surface area contributed by atoms with E-state index in [1.54, 1.807) is 22.7 Å². The number of hydrogen-bond donors (Lipinski definition) is 1. The molecule has 1 fully saturated rings. The van der Waals surface area contributed by atoms with Crippen LogP contribution in [0.5, 0.6) is 0 Å². The van der Waals surface area contributed by atoms with Gasteiger partial charge >= 0.3 is 0 Å². The van der Waals surface area contributed by atoms with E-state index in [2.05, 4.69) is 10.4 Å². The van der Waals surface area contributed by atoms with Crippen LogP contribution in [0.1, 0.15) is 36.3 Å². The van der Waals surface area contributed by atoms with Crippen molar-refractivity contribution in [1.82, 2.24) is 20.0 Å². The Morgan fingerprint density at radius 1 is 1.44 bits per heavy atom. The predicted octanol–water partition coefficient (Wildman–Crippen LogP) is 0.594. The fourth-order valence-corrected chi connectivity index (χ4v) is 3.13. The molecule has 1 saturated heterocycles. The molecule has 8 nitrogen and oxygen atoms in total. The van der Waals surface area contributed by atoms with Crippen LogP contribution in [0.4, 0.5) is 0 Å². The minimum atomic E-state index is -1.01. The zero-order valence-electron chi connectivity index (χ0n) is 15.7. The number of ether oxygens (including phenoxy) is 2. The number of likely N-dealkylation sites (tertiary alicyclic amines) is 1. The molecule has 0 aromatic carbocycles. The molecule has 2 amide bonds. The summed E-state index contributed by atoms with van der Waals surface area (Å²) in [6.45, 7) is 7.53. The van der Waals surface area contributed by atoms with E-state index >= 15 is 0 Å². The molecule has 0 radical (unpaired) electrons. The molecular formula is C17H28N4O4. The lowest BCUT2D eigenvalue weighted by Crippen LogP contribution is -2.51. The maximum absolute atomic E-state index is 12.7. The van der Waals surface area contributed by atoms with Gasteiger partial charge in [0.15, 0.2) is 5.60 Å². The first kappa shape index (κ1) is 19.4. The minimum Gasteiger partial charge on any atom is -0.381 e. The SMILES string of the molecule is CCn1ncc(C(=O)N[C@@H]2CCN(C(=O)C(C)(COC)OC)C2)c1C. The molecule has 25 heavy (non-hydrogen) atoms. The van der Waals surface area contributed by atoms with Crippen molar-refractivity contribution >= 4 is 11.8 Å². The highest BCUT2D eigenvalue weighted by molar-refractivity contribution is 5.95. The third-order valence-electron chi connectivity index (χ3n) is 4.78. The predicted molar refractivity (Wildman–Crippen MR) is 92.4 cm³/mol. The Hall–Kier alpha value is -1.93. The average molecular weight is 352 g/mol. The number of aromatic nitrogens is 2. The number of hydrogen-bond acceptors (Lipinski definition) is 5. The van der Waals surface area contributed by atoms with Crippen molar-refractivity contribution in [3.05, 3.63) is 17.5 Å². The van der Waals surface area contributed by atoms with Crippen LogP contribution in [0, 0.1) is 6.92 Å². The maximum Gasteiger partial charge on any atom is 0.257 e. The van der Waals surface area contributed by atoms with Crippen molar-refractivity contribution in [2.45, 2.75) is 45.4 Å². The Morgan fingerprint density at radius 2 is 2.16 bits per heavy atom. The molecule has 0 spiro atoms. The van der Waals surface area contributed by atoms with E-state index in [-0.39, 0.29) is 24.5 Å². The molecule has 2 atom stereocenters. The molecule has 140 valence electrons. The molecule has 1 unspecified atom stereocenters. The Balaban J connectivity index is 1.97. The molecular weight excluding hydrogens is 324 g/mol. The summed E-state index contributed by atoms with van der Waals surface area (Å²) in [5.41, 5.74) is 0.415. The normalized spacial score (nSPS) is 19.7. The molecule has 1 aromatic rings. The van der Waals surface area contributed by atoms with Crippen LogP contribution < -0.4 is 5.32 Å². The quantitative estimate of drug-likeness (QED) is 0.776. The molecule has 0 aliphatic carbocycles. The number of amides is 2. The third-order valence-corrected chi connectivity index (χ3v) is 4.78. The first-order chi connectivity index (χ1) is 11.9. The van der Waals surface area contributed by atoms with Crippen LogP contribution in [0.3, 0.4) is 0 Å². The second-order valence-electron chi connectivity index (χ2n) is 6.54. The van der Waals surface area contributed by atoms with E-state index in [0.717, 1.165) is 12.2 Å². The van der Waals surface area contributed by atoms with Crippen molar-refractivity contribution in [2.24, 2.45) is 0 Å². The fourth-order valence-electron chi connectivity index (χ4n) is 3.13. The Kier molecular flexibility index (Phi) is 6.18. The zero-order chi connectivity index (χ0) is 18.6. The van der Waals surface area contributed by atoms with Crippen molar-refractivity contribution in [3.8, 4) is 0 Å². The molecule has 0 saturated carbocycles. The van der Waals surface area contributed by atoms with E-state index in [1.165, 1.54) is 14.2 Å². The third kappa shape index (κ3) is 4.01. The average Bonchev–Trinajstić information content (AvgIpc) is 3.20. The smallest absolute Gasteiger partial charge is 0.257 e. The second-order valence-corrected chi connectivity index (χ2v) is 6.54. The van der Waals surface area contributed by atoms with Gasteiger partial charge in [-0.15, -0.1) is 0 Å². The lowest BCUT2D eigenvalue weighted by Gasteiger charge is -2.30. The maximum atomic E-state index is 12.7. The second kappa shape index (κ2) is 7.97. The van der Waals surface area contributed by atoms with Gasteiger partial charge in [0.05, 0.1) is 18.4 Å². The molecule has 0 bridgehead atoms. The fraction of sp³-hybridized carbons (Fsp3) is 0.706.